The molecule has 0 bridgehead atoms. The molecule has 0 saturated carbocycles. The van der Waals surface area contributed by atoms with E-state index in [0.717, 1.165) is 17.9 Å². The molecule has 2 aliphatic heterocycles. The second-order valence-corrected chi connectivity index (χ2v) is 6.37. The van der Waals surface area contributed by atoms with Crippen LogP contribution >= 0.6 is 0 Å². The summed E-state index contributed by atoms with van der Waals surface area (Å²) in [7, 11) is 1.54. The predicted octanol–water partition coefficient (Wildman–Crippen LogP) is 2.00. The highest BCUT2D eigenvalue weighted by atomic mass is 16.6. The van der Waals surface area contributed by atoms with E-state index in [1.54, 1.807) is 12.1 Å². The molecule has 0 aromatic carbocycles. The summed E-state index contributed by atoms with van der Waals surface area (Å²) in [5.74, 6) is 0.752. The number of hydroxylamine groups is 2. The van der Waals surface area contributed by atoms with Crippen molar-refractivity contribution < 1.29 is 13.9 Å². The number of aliphatic imine (C=N–C) groups is 1. The molecule has 2 aromatic rings. The normalized spacial score (nSPS) is 26.7. The lowest BCUT2D eigenvalue weighted by Gasteiger charge is -2.47. The van der Waals surface area contributed by atoms with Gasteiger partial charge in [0, 0.05) is 18.5 Å². The SMILES string of the molecule is CCC1CCN([O-])C[C@@]12CN=C(Nc1nc3ccc(OC)nc3o1)O2. The smallest absolute Gasteiger partial charge is 0.305 e. The Morgan fingerprint density at radius 1 is 1.44 bits per heavy atom. The molecule has 1 saturated heterocycles. The van der Waals surface area contributed by atoms with Gasteiger partial charge < -0.3 is 24.2 Å². The number of rotatable bonds is 3. The van der Waals surface area contributed by atoms with Gasteiger partial charge in [0.05, 0.1) is 13.7 Å². The van der Waals surface area contributed by atoms with Crippen LogP contribution in [0.2, 0.25) is 0 Å². The number of nitrogens with one attached hydrogen (secondary N) is 1. The molecule has 2 aromatic heterocycles. The van der Waals surface area contributed by atoms with E-state index in [2.05, 4.69) is 27.2 Å². The third-order valence-corrected chi connectivity index (χ3v) is 4.85. The van der Waals surface area contributed by atoms with E-state index in [0.29, 0.717) is 48.7 Å². The monoisotopic (exact) mass is 346 g/mol. The van der Waals surface area contributed by atoms with Gasteiger partial charge in [0.25, 0.3) is 11.7 Å². The van der Waals surface area contributed by atoms with Crippen molar-refractivity contribution in [2.24, 2.45) is 10.9 Å². The largest absolute Gasteiger partial charge is 0.785 e. The molecule has 9 heteroatoms. The first-order chi connectivity index (χ1) is 12.1. The molecule has 4 heterocycles. The third kappa shape index (κ3) is 2.89. The Morgan fingerprint density at radius 2 is 2.32 bits per heavy atom. The Bertz CT molecular complexity index is 807. The number of oxazole rings is 1. The first-order valence-electron chi connectivity index (χ1n) is 8.36. The van der Waals surface area contributed by atoms with Gasteiger partial charge in [-0.1, -0.05) is 6.92 Å². The number of hydrogen-bond acceptors (Lipinski definition) is 9. The van der Waals surface area contributed by atoms with Crippen LogP contribution in [0.1, 0.15) is 19.8 Å². The fourth-order valence-electron chi connectivity index (χ4n) is 3.53. The zero-order valence-corrected chi connectivity index (χ0v) is 14.2. The zero-order chi connectivity index (χ0) is 17.4. The molecule has 4 rings (SSSR count). The zero-order valence-electron chi connectivity index (χ0n) is 14.2. The predicted molar refractivity (Wildman–Crippen MR) is 91.4 cm³/mol. The van der Waals surface area contributed by atoms with Crippen molar-refractivity contribution in [1.29, 1.82) is 0 Å². The van der Waals surface area contributed by atoms with Crippen molar-refractivity contribution in [3.8, 4) is 5.88 Å². The summed E-state index contributed by atoms with van der Waals surface area (Å²) in [6.45, 7) is 3.44. The molecule has 0 amide bonds. The molecule has 1 fully saturated rings. The number of pyridine rings is 1. The van der Waals surface area contributed by atoms with Crippen molar-refractivity contribution in [2.75, 3.05) is 32.1 Å². The van der Waals surface area contributed by atoms with Crippen molar-refractivity contribution in [2.45, 2.75) is 25.4 Å². The van der Waals surface area contributed by atoms with Crippen LogP contribution in [0.4, 0.5) is 6.01 Å². The fourth-order valence-corrected chi connectivity index (χ4v) is 3.53. The Morgan fingerprint density at radius 3 is 3.12 bits per heavy atom. The number of amidine groups is 1. The van der Waals surface area contributed by atoms with Crippen molar-refractivity contribution in [1.82, 2.24) is 15.0 Å². The standard InChI is InChI=1S/C16H20N5O4/c1-3-10-6-7-21(22)9-16(10)8-17-14(25-16)20-15-18-11-4-5-12(23-2)19-13(11)24-15/h4-5,10H,3,6-9H2,1-2H3,(H,17,18,20)/q-1/t10?,16-/m0/s1. The van der Waals surface area contributed by atoms with E-state index < -0.39 is 5.60 Å². The van der Waals surface area contributed by atoms with Gasteiger partial charge in [0.15, 0.2) is 0 Å². The number of nitrogens with zero attached hydrogens (tertiary/aromatic N) is 4. The fraction of sp³-hybridized carbons (Fsp3) is 0.562. The number of aromatic nitrogens is 2. The Kier molecular flexibility index (Phi) is 3.97. The van der Waals surface area contributed by atoms with Crippen molar-refractivity contribution in [3.63, 3.8) is 0 Å². The van der Waals surface area contributed by atoms with Gasteiger partial charge in [0.2, 0.25) is 5.88 Å². The maximum Gasteiger partial charge on any atom is 0.305 e. The molecule has 0 aliphatic carbocycles. The van der Waals surface area contributed by atoms with E-state index in [4.69, 9.17) is 13.9 Å². The summed E-state index contributed by atoms with van der Waals surface area (Å²) in [6, 6.07) is 4.05. The summed E-state index contributed by atoms with van der Waals surface area (Å²) < 4.78 is 16.7. The highest BCUT2D eigenvalue weighted by Crippen LogP contribution is 2.36. The number of fused-ring (bicyclic) bond motifs is 1. The van der Waals surface area contributed by atoms with Crippen LogP contribution in [-0.4, -0.2) is 53.4 Å². The number of piperidine rings is 1. The van der Waals surface area contributed by atoms with E-state index in [-0.39, 0.29) is 6.01 Å². The number of hydrogen-bond donors (Lipinski definition) is 1. The molecular formula is C16H20N5O4-. The van der Waals surface area contributed by atoms with Crippen LogP contribution in [0, 0.1) is 11.1 Å². The van der Waals surface area contributed by atoms with Gasteiger partial charge in [-0.2, -0.15) is 9.97 Å². The summed E-state index contributed by atoms with van der Waals surface area (Å²) in [5.41, 5.74) is 0.404. The Balaban J connectivity index is 1.50. The highest BCUT2D eigenvalue weighted by Gasteiger charge is 2.46. The van der Waals surface area contributed by atoms with Gasteiger partial charge in [0.1, 0.15) is 11.1 Å². The van der Waals surface area contributed by atoms with Gasteiger partial charge >= 0.3 is 6.01 Å². The maximum absolute atomic E-state index is 11.8. The van der Waals surface area contributed by atoms with Crippen LogP contribution in [0.5, 0.6) is 5.88 Å². The second-order valence-electron chi connectivity index (χ2n) is 6.37. The summed E-state index contributed by atoms with van der Waals surface area (Å²) in [6.07, 6.45) is 1.76. The Hall–Kier alpha value is -2.39. The average Bonchev–Trinajstić information content (AvgIpc) is 3.18. The van der Waals surface area contributed by atoms with Crippen molar-refractivity contribution >= 4 is 23.3 Å². The lowest BCUT2D eigenvalue weighted by molar-refractivity contribution is -0.0330. The minimum absolute atomic E-state index is 0.245. The molecule has 1 unspecified atom stereocenters. The number of ether oxygens (including phenoxy) is 2. The van der Waals surface area contributed by atoms with Gasteiger partial charge in [-0.3, -0.25) is 5.32 Å². The van der Waals surface area contributed by atoms with Crippen LogP contribution in [-0.2, 0) is 4.74 Å². The second kappa shape index (κ2) is 6.16. The molecule has 2 aliphatic rings. The lowest BCUT2D eigenvalue weighted by Crippen LogP contribution is -2.54. The highest BCUT2D eigenvalue weighted by molar-refractivity contribution is 5.89. The van der Waals surface area contributed by atoms with Crippen LogP contribution in [0.15, 0.2) is 21.5 Å². The van der Waals surface area contributed by atoms with Gasteiger partial charge in [-0.05, 0) is 25.5 Å². The minimum Gasteiger partial charge on any atom is -0.785 e. The molecule has 1 spiro atoms. The van der Waals surface area contributed by atoms with Crippen molar-refractivity contribution in [3.05, 3.63) is 17.3 Å². The topological polar surface area (TPSA) is 108 Å². The first kappa shape index (κ1) is 16.1. The Labute approximate surface area is 144 Å². The number of anilines is 1. The first-order valence-corrected chi connectivity index (χ1v) is 8.36. The summed E-state index contributed by atoms with van der Waals surface area (Å²) in [5, 5.41) is 15.8. The average molecular weight is 346 g/mol. The quantitative estimate of drug-likeness (QED) is 0.899. The molecule has 0 radical (unpaired) electrons. The van der Waals surface area contributed by atoms with E-state index in [1.165, 1.54) is 7.11 Å². The molecular weight excluding hydrogens is 326 g/mol. The molecule has 25 heavy (non-hydrogen) atoms. The summed E-state index contributed by atoms with van der Waals surface area (Å²) in [4.78, 5) is 12.9. The van der Waals surface area contributed by atoms with E-state index in [9.17, 15) is 5.21 Å². The van der Waals surface area contributed by atoms with Gasteiger partial charge in [-0.15, -0.1) is 0 Å². The molecule has 134 valence electrons. The van der Waals surface area contributed by atoms with Crippen LogP contribution in [0.25, 0.3) is 11.2 Å². The number of methoxy groups -OCH3 is 1. The molecule has 2 atom stereocenters. The minimum atomic E-state index is -0.565. The third-order valence-electron chi connectivity index (χ3n) is 4.85. The lowest BCUT2D eigenvalue weighted by atomic mass is 9.80. The maximum atomic E-state index is 11.8. The summed E-state index contributed by atoms with van der Waals surface area (Å²) >= 11 is 0. The van der Waals surface area contributed by atoms with Crippen LogP contribution in [0.3, 0.4) is 0 Å². The molecule has 1 N–H and O–H groups in total. The van der Waals surface area contributed by atoms with Gasteiger partial charge in [-0.25, -0.2) is 4.99 Å². The molecule has 9 nitrogen and oxygen atoms in total. The van der Waals surface area contributed by atoms with Crippen LogP contribution < -0.4 is 10.1 Å². The van der Waals surface area contributed by atoms with E-state index in [1.807, 2.05) is 0 Å². The van der Waals surface area contributed by atoms with E-state index >= 15 is 0 Å².